The molecule has 2 aromatic carbocycles. The molecule has 2 aromatic heterocycles. The van der Waals surface area contributed by atoms with Crippen LogP contribution in [0.25, 0.3) is 32.9 Å². The van der Waals surface area contributed by atoms with Crippen molar-refractivity contribution in [2.75, 3.05) is 50.1 Å². The van der Waals surface area contributed by atoms with Crippen molar-refractivity contribution in [2.45, 2.75) is 114 Å². The summed E-state index contributed by atoms with van der Waals surface area (Å²) < 4.78 is 91.2. The van der Waals surface area contributed by atoms with Gasteiger partial charge in [0.2, 0.25) is 0 Å². The summed E-state index contributed by atoms with van der Waals surface area (Å²) in [5, 5.41) is 1.22. The van der Waals surface area contributed by atoms with E-state index in [4.69, 9.17) is 25.2 Å². The molecule has 318 valence electrons. The molecule has 3 saturated heterocycles. The number of hydrogen-bond donors (Lipinski definition) is 1. The summed E-state index contributed by atoms with van der Waals surface area (Å²) >= 11 is 0. The van der Waals surface area contributed by atoms with Gasteiger partial charge in [0.25, 0.3) is 5.92 Å². The average Bonchev–Trinajstić information content (AvgIpc) is 4.12. The van der Waals surface area contributed by atoms with Crippen LogP contribution in [-0.4, -0.2) is 91.1 Å². The molecule has 3 aliphatic heterocycles. The van der Waals surface area contributed by atoms with Crippen LogP contribution in [0.15, 0.2) is 30.5 Å². The smallest absolute Gasteiger partial charge is 0.319 e. The molecule has 2 N–H and O–H groups in total. The van der Waals surface area contributed by atoms with Crippen LogP contribution >= 0.6 is 0 Å². The number of nitrogen functional groups attached to an aromatic ring is 1. The lowest BCUT2D eigenvalue weighted by Gasteiger charge is -2.38. The van der Waals surface area contributed by atoms with E-state index in [1.54, 1.807) is 23.1 Å². The molecule has 0 bridgehead atoms. The molecule has 0 radical (unpaired) electrons. The van der Waals surface area contributed by atoms with E-state index in [9.17, 15) is 8.78 Å². The molecule has 6 fully saturated rings. The van der Waals surface area contributed by atoms with Gasteiger partial charge in [-0.05, 0) is 77.9 Å². The zero-order chi connectivity index (χ0) is 42.3. The Morgan fingerprint density at radius 2 is 1.72 bits per heavy atom. The lowest BCUT2D eigenvalue weighted by Crippen LogP contribution is -2.49. The zero-order valence-electron chi connectivity index (χ0n) is 35.1. The van der Waals surface area contributed by atoms with Gasteiger partial charge in [-0.3, -0.25) is 9.88 Å². The van der Waals surface area contributed by atoms with Gasteiger partial charge in [0.15, 0.2) is 5.82 Å². The first kappa shape index (κ1) is 40.0. The quantitative estimate of drug-likeness (QED) is 0.0813. The molecule has 0 amide bonds. The molecule has 6 aliphatic rings. The number of rotatable bonds is 8. The number of halogens is 5. The molecule has 3 saturated carbocycles. The summed E-state index contributed by atoms with van der Waals surface area (Å²) in [6.07, 6.45) is 3.30. The first-order valence-electron chi connectivity index (χ1n) is 21.6. The molecule has 60 heavy (non-hydrogen) atoms. The molecule has 8 nitrogen and oxygen atoms in total. The van der Waals surface area contributed by atoms with Gasteiger partial charge >= 0.3 is 6.01 Å². The Morgan fingerprint density at radius 1 is 0.983 bits per heavy atom. The van der Waals surface area contributed by atoms with Crippen LogP contribution in [0.1, 0.15) is 79.2 Å². The van der Waals surface area contributed by atoms with E-state index in [0.29, 0.717) is 59.2 Å². The van der Waals surface area contributed by atoms with Crippen LogP contribution in [-0.2, 0) is 4.74 Å². The summed E-state index contributed by atoms with van der Waals surface area (Å²) in [6.45, 7) is 15.1. The van der Waals surface area contributed by atoms with E-state index >= 15 is 13.2 Å². The fraction of sp³-hybridized carbons (Fsp3) is 0.587. The van der Waals surface area contributed by atoms with Crippen molar-refractivity contribution in [3.8, 4) is 28.7 Å². The Balaban J connectivity index is 1.12. The number of ether oxygens (including phenoxy) is 2. The number of alkyl halides is 3. The second-order valence-corrected chi connectivity index (χ2v) is 25.3. The van der Waals surface area contributed by atoms with Crippen LogP contribution in [0.3, 0.4) is 0 Å². The van der Waals surface area contributed by atoms with E-state index < -0.39 is 48.8 Å². The van der Waals surface area contributed by atoms with E-state index in [1.165, 1.54) is 12.3 Å². The maximum atomic E-state index is 17.6. The Labute approximate surface area is 348 Å². The van der Waals surface area contributed by atoms with E-state index in [-0.39, 0.29) is 70.5 Å². The van der Waals surface area contributed by atoms with Crippen LogP contribution < -0.4 is 15.4 Å². The molecular weight excluding hydrogens is 792 g/mol. The van der Waals surface area contributed by atoms with E-state index in [0.717, 1.165) is 25.8 Å². The monoisotopic (exact) mass is 844 g/mol. The SMILES string of the molecule is CC(C)[Si](C#Cc1c(F)ccc2cc(N)cc(-c3ncc4c(N5CCOC[C@H]6[C@H](F)[C@H]65)nc(OC[C@]56CC7(CN5CCC65CC5)CC7(F)F)nc4c3F)c12)(C(C)C)C(C)C. The van der Waals surface area contributed by atoms with Gasteiger partial charge in [-0.2, -0.15) is 9.97 Å². The van der Waals surface area contributed by atoms with E-state index in [2.05, 4.69) is 62.9 Å². The molecule has 5 atom stereocenters. The highest BCUT2D eigenvalue weighted by Gasteiger charge is 2.82. The van der Waals surface area contributed by atoms with Gasteiger partial charge in [0.05, 0.1) is 41.2 Å². The molecule has 14 heteroatoms. The fourth-order valence-electron chi connectivity index (χ4n) is 12.3. The van der Waals surface area contributed by atoms with Crippen molar-refractivity contribution in [3.63, 3.8) is 0 Å². The van der Waals surface area contributed by atoms with Crippen molar-refractivity contribution in [1.82, 2.24) is 19.9 Å². The number of nitrogens with zero attached hydrogens (tertiary/aromatic N) is 5. The zero-order valence-corrected chi connectivity index (χ0v) is 36.1. The summed E-state index contributed by atoms with van der Waals surface area (Å²) in [5.74, 6) is -0.861. The maximum Gasteiger partial charge on any atom is 0.319 e. The molecule has 3 aliphatic carbocycles. The minimum absolute atomic E-state index is 0.0747. The summed E-state index contributed by atoms with van der Waals surface area (Å²) in [4.78, 5) is 18.2. The van der Waals surface area contributed by atoms with Crippen molar-refractivity contribution < 1.29 is 31.4 Å². The Bertz CT molecular complexity index is 2480. The molecule has 5 heterocycles. The van der Waals surface area contributed by atoms with Crippen LogP contribution in [0.5, 0.6) is 6.01 Å². The third-order valence-electron chi connectivity index (χ3n) is 15.8. The molecule has 1 unspecified atom stereocenters. The summed E-state index contributed by atoms with van der Waals surface area (Å²) in [6, 6.07) is 5.63. The van der Waals surface area contributed by atoms with Gasteiger partial charge in [0.1, 0.15) is 43.7 Å². The first-order valence-corrected chi connectivity index (χ1v) is 23.9. The highest BCUT2D eigenvalue weighted by Crippen LogP contribution is 2.76. The standard InChI is InChI=1S/C46H53F5N6O2Si/c1-25(2)60(26(3)4,27(5)6)16-9-30-34(47)8-7-28-17-29(52)18-31(35(28)30)38-37(49)39-32(19-53-38)41(57-14-15-58-20-33-36(48)40(33)57)55-42(54-39)59-24-45-21-44(22-46(44,50)51)23-56(45)13-12-43(45)10-11-43/h7-8,17-19,25-27,33,36,40H,10-15,20-24,52H2,1-6H3/t33-,36-,40-,44?,45-/m0/s1. The highest BCUT2D eigenvalue weighted by atomic mass is 28.3. The molecule has 4 aromatic rings. The lowest BCUT2D eigenvalue weighted by molar-refractivity contribution is 0.0541. The van der Waals surface area contributed by atoms with E-state index in [1.807, 2.05) is 0 Å². The highest BCUT2D eigenvalue weighted by molar-refractivity contribution is 6.90. The number of pyridine rings is 1. The van der Waals surface area contributed by atoms with Crippen molar-refractivity contribution in [1.29, 1.82) is 0 Å². The van der Waals surface area contributed by atoms with Gasteiger partial charge < -0.3 is 20.1 Å². The molecule has 2 spiro atoms. The number of nitrogens with two attached hydrogens (primary N) is 1. The Kier molecular flexibility index (Phi) is 8.99. The second kappa shape index (κ2) is 13.5. The Hall–Kier alpha value is -4.06. The lowest BCUT2D eigenvalue weighted by atomic mass is 9.77. The topological polar surface area (TPSA) is 89.6 Å². The Morgan fingerprint density at radius 3 is 2.40 bits per heavy atom. The van der Waals surface area contributed by atoms with Crippen LogP contribution in [0, 0.1) is 39.8 Å². The number of hydrogen-bond acceptors (Lipinski definition) is 8. The molecule has 10 rings (SSSR count). The van der Waals surface area contributed by atoms with Crippen molar-refractivity contribution in [2.24, 2.45) is 16.7 Å². The van der Waals surface area contributed by atoms with Gasteiger partial charge in [-0.15, -0.1) is 5.54 Å². The normalized spacial score (nSPS) is 28.8. The fourth-order valence-corrected chi connectivity index (χ4v) is 17.5. The minimum Gasteiger partial charge on any atom is -0.461 e. The number of benzene rings is 2. The first-order chi connectivity index (χ1) is 28.5. The second-order valence-electron chi connectivity index (χ2n) is 19.7. The predicted molar refractivity (Wildman–Crippen MR) is 226 cm³/mol. The predicted octanol–water partition coefficient (Wildman–Crippen LogP) is 9.48. The summed E-state index contributed by atoms with van der Waals surface area (Å²) in [5.41, 5.74) is 9.73. The van der Waals surface area contributed by atoms with Gasteiger partial charge in [-0.1, -0.05) is 53.5 Å². The van der Waals surface area contributed by atoms with Gasteiger partial charge in [-0.25, -0.2) is 22.0 Å². The third-order valence-corrected chi connectivity index (χ3v) is 22.1. The van der Waals surface area contributed by atoms with Gasteiger partial charge in [0, 0.05) is 48.3 Å². The minimum atomic E-state index is -2.71. The number of fused-ring (bicyclic) bond motifs is 5. The summed E-state index contributed by atoms with van der Waals surface area (Å²) in [7, 11) is -2.31. The molecular formula is C46H53F5N6O2Si. The number of aromatic nitrogens is 3. The average molecular weight is 845 g/mol. The largest absolute Gasteiger partial charge is 0.461 e. The van der Waals surface area contributed by atoms with Crippen molar-refractivity contribution in [3.05, 3.63) is 47.7 Å². The van der Waals surface area contributed by atoms with Crippen LogP contribution in [0.2, 0.25) is 16.6 Å². The number of anilines is 2. The van der Waals surface area contributed by atoms with Crippen molar-refractivity contribution >= 4 is 41.3 Å². The van der Waals surface area contributed by atoms with Crippen LogP contribution in [0.4, 0.5) is 33.5 Å². The third kappa shape index (κ3) is 5.69. The maximum absolute atomic E-state index is 17.6.